The van der Waals surface area contributed by atoms with Crippen LogP contribution in [-0.2, 0) is 37.8 Å². The molecule has 3 heterocycles. The lowest BCUT2D eigenvalue weighted by molar-refractivity contribution is -0.150. The molecule has 1 spiro atoms. The van der Waals surface area contributed by atoms with E-state index < -0.39 is 31.6 Å². The molecule has 3 aliphatic rings. The molecule has 3 amide bonds. The molecule has 2 fully saturated rings. The van der Waals surface area contributed by atoms with Gasteiger partial charge in [0.25, 0.3) is 5.91 Å². The summed E-state index contributed by atoms with van der Waals surface area (Å²) in [5.74, 6) is -0.668. The molecule has 0 radical (unpaired) electrons. The van der Waals surface area contributed by atoms with Gasteiger partial charge in [0.15, 0.2) is 5.60 Å². The van der Waals surface area contributed by atoms with Gasteiger partial charge in [-0.05, 0) is 54.6 Å². The van der Waals surface area contributed by atoms with Crippen LogP contribution in [0.3, 0.4) is 0 Å². The number of rotatable bonds is 11. The van der Waals surface area contributed by atoms with E-state index in [1.807, 2.05) is 67.6 Å². The largest absolute Gasteiger partial charge is 0.497 e. The number of nitrogens with zero attached hydrogens (tertiary/aromatic N) is 3. The molecule has 0 aromatic heterocycles. The van der Waals surface area contributed by atoms with Crippen molar-refractivity contribution in [1.29, 1.82) is 0 Å². The first kappa shape index (κ1) is 34.7. The van der Waals surface area contributed by atoms with Gasteiger partial charge in [-0.25, -0.2) is 0 Å². The second kappa shape index (κ2) is 14.0. The van der Waals surface area contributed by atoms with Crippen LogP contribution < -0.4 is 19.9 Å². The highest BCUT2D eigenvalue weighted by molar-refractivity contribution is 6.72. The van der Waals surface area contributed by atoms with Gasteiger partial charge in [-0.1, -0.05) is 49.4 Å². The molecule has 0 unspecified atom stereocenters. The second-order valence-electron chi connectivity index (χ2n) is 13.7. The number of nitrogens with one attached hydrogen (secondary N) is 1. The highest BCUT2D eigenvalue weighted by Gasteiger charge is 2.67. The number of halogens is 1. The third-order valence-corrected chi connectivity index (χ3v) is 12.6. The average Bonchev–Trinajstić information content (AvgIpc) is 3.51. The van der Waals surface area contributed by atoms with E-state index in [0.29, 0.717) is 36.6 Å². The van der Waals surface area contributed by atoms with E-state index in [-0.39, 0.29) is 50.4 Å². The maximum absolute atomic E-state index is 16.4. The number of hydrogen-bond acceptors (Lipinski definition) is 7. The van der Waals surface area contributed by atoms with Gasteiger partial charge in [0.1, 0.15) is 5.75 Å². The molecule has 12 heteroatoms. The van der Waals surface area contributed by atoms with Crippen molar-refractivity contribution in [3.8, 4) is 5.75 Å². The Morgan fingerprint density at radius 1 is 1.10 bits per heavy atom. The number of methoxy groups -OCH3 is 1. The number of aliphatic hydroxyl groups is 1. The average molecular weight is 689 g/mol. The standard InChI is InChI=1S/C37H45FN4O6Si/c1-25-35(49(3,4)38)32(21-33(44)40(17-18-43)23-26-9-6-5-7-10-26)48-37(25)30-20-29(47-2)13-14-31(30)42(36(37)46)24-27-11-8-12-28(19-27)41-16-15-39-22-34(41)45/h5-14,19-20,25,32,35,39,43H,15-18,21-24H2,1-4H3/t25-,32+,35-,37+/m1/s1. The third-order valence-electron chi connectivity index (χ3n) is 10.1. The molecule has 10 nitrogen and oxygen atoms in total. The zero-order chi connectivity index (χ0) is 34.9. The van der Waals surface area contributed by atoms with Gasteiger partial charge in [0, 0.05) is 48.9 Å². The van der Waals surface area contributed by atoms with Crippen LogP contribution in [0.1, 0.15) is 30.0 Å². The molecule has 0 aliphatic carbocycles. The number of aliphatic hydroxyl groups excluding tert-OH is 1. The Kier molecular flexibility index (Phi) is 9.94. The summed E-state index contributed by atoms with van der Waals surface area (Å²) < 4.78 is 28.8. The van der Waals surface area contributed by atoms with Crippen molar-refractivity contribution >= 4 is 37.5 Å². The monoisotopic (exact) mass is 688 g/mol. The van der Waals surface area contributed by atoms with Crippen molar-refractivity contribution in [2.24, 2.45) is 5.92 Å². The summed E-state index contributed by atoms with van der Waals surface area (Å²) in [5.41, 5.74) is 1.51. The summed E-state index contributed by atoms with van der Waals surface area (Å²) in [6.45, 7) is 6.98. The lowest BCUT2D eigenvalue weighted by Crippen LogP contribution is -2.48. The fraction of sp³-hybridized carbons (Fsp3) is 0.432. The van der Waals surface area contributed by atoms with Crippen LogP contribution in [0, 0.1) is 5.92 Å². The minimum absolute atomic E-state index is 0.0174. The van der Waals surface area contributed by atoms with Crippen molar-refractivity contribution in [2.45, 2.75) is 56.8 Å². The zero-order valence-corrected chi connectivity index (χ0v) is 29.5. The van der Waals surface area contributed by atoms with E-state index in [1.54, 1.807) is 47.0 Å². The van der Waals surface area contributed by atoms with E-state index in [2.05, 4.69) is 5.32 Å². The van der Waals surface area contributed by atoms with E-state index >= 15 is 4.11 Å². The molecule has 0 saturated carbocycles. The molecule has 6 rings (SSSR count). The molecule has 2 N–H and O–H groups in total. The van der Waals surface area contributed by atoms with Gasteiger partial charge in [-0.2, -0.15) is 0 Å². The molecule has 3 aromatic rings. The van der Waals surface area contributed by atoms with Crippen LogP contribution in [0.4, 0.5) is 15.5 Å². The molecule has 0 bridgehead atoms. The van der Waals surface area contributed by atoms with Crippen LogP contribution in [0.5, 0.6) is 5.75 Å². The first-order valence-electron chi connectivity index (χ1n) is 16.9. The number of anilines is 2. The molecular weight excluding hydrogens is 644 g/mol. The van der Waals surface area contributed by atoms with Gasteiger partial charge in [0.05, 0.1) is 45.0 Å². The number of amides is 3. The number of carbonyl (C=O) groups is 3. The summed E-state index contributed by atoms with van der Waals surface area (Å²) in [4.78, 5) is 46.4. The first-order valence-corrected chi connectivity index (χ1v) is 19.8. The van der Waals surface area contributed by atoms with Gasteiger partial charge in [-0.15, -0.1) is 0 Å². The number of fused-ring (bicyclic) bond motifs is 2. The fourth-order valence-electron chi connectivity index (χ4n) is 7.91. The van der Waals surface area contributed by atoms with Crippen LogP contribution in [-0.4, -0.2) is 82.1 Å². The Balaban J connectivity index is 1.34. The number of carbonyl (C=O) groups excluding carboxylic acids is 3. The first-order chi connectivity index (χ1) is 23.5. The Morgan fingerprint density at radius 3 is 2.55 bits per heavy atom. The Morgan fingerprint density at radius 2 is 1.86 bits per heavy atom. The van der Waals surface area contributed by atoms with Gasteiger partial charge < -0.3 is 38.7 Å². The quantitative estimate of drug-likeness (QED) is 0.228. The third kappa shape index (κ3) is 6.62. The maximum Gasteiger partial charge on any atom is 0.264 e. The summed E-state index contributed by atoms with van der Waals surface area (Å²) in [6.07, 6.45) is -0.992. The predicted molar refractivity (Wildman–Crippen MR) is 187 cm³/mol. The molecule has 4 atom stereocenters. The molecule has 3 aliphatic heterocycles. The van der Waals surface area contributed by atoms with Gasteiger partial charge in [0.2, 0.25) is 20.2 Å². The fourth-order valence-corrected chi connectivity index (χ4v) is 10.4. The summed E-state index contributed by atoms with van der Waals surface area (Å²) >= 11 is 0. The zero-order valence-electron chi connectivity index (χ0n) is 28.5. The SMILES string of the molecule is COc1ccc2c(c1)[C@]1(O[C@@H](CC(=O)N(CCO)Cc3ccccc3)[C@H]([Si](C)(C)F)[C@H]1C)C(=O)N2Cc1cccc(N2CCNCC2=O)c1. The Bertz CT molecular complexity index is 1700. The number of hydrogen-bond donors (Lipinski definition) is 2. The van der Waals surface area contributed by atoms with E-state index in [0.717, 1.165) is 16.8 Å². The van der Waals surface area contributed by atoms with Crippen LogP contribution in [0.15, 0.2) is 72.8 Å². The van der Waals surface area contributed by atoms with E-state index in [9.17, 15) is 19.5 Å². The van der Waals surface area contributed by atoms with Gasteiger partial charge in [-0.3, -0.25) is 14.4 Å². The molecule has 2 saturated heterocycles. The molecule has 3 aromatic carbocycles. The van der Waals surface area contributed by atoms with Crippen molar-refractivity contribution in [3.05, 3.63) is 89.5 Å². The summed E-state index contributed by atoms with van der Waals surface area (Å²) in [6, 6.07) is 22.5. The maximum atomic E-state index is 16.4. The predicted octanol–water partition coefficient (Wildman–Crippen LogP) is 4.36. The lowest BCUT2D eigenvalue weighted by atomic mass is 9.82. The Labute approximate surface area is 288 Å². The van der Waals surface area contributed by atoms with Gasteiger partial charge >= 0.3 is 0 Å². The number of ether oxygens (including phenoxy) is 2. The summed E-state index contributed by atoms with van der Waals surface area (Å²) in [7, 11) is -1.98. The minimum atomic E-state index is -3.53. The van der Waals surface area contributed by atoms with E-state index in [4.69, 9.17) is 9.47 Å². The van der Waals surface area contributed by atoms with Crippen LogP contribution in [0.25, 0.3) is 0 Å². The highest BCUT2D eigenvalue weighted by Crippen LogP contribution is 2.60. The van der Waals surface area contributed by atoms with Crippen molar-refractivity contribution in [3.63, 3.8) is 0 Å². The second-order valence-corrected chi connectivity index (χ2v) is 17.5. The van der Waals surface area contributed by atoms with Crippen molar-refractivity contribution < 1.29 is 33.1 Å². The Hall–Kier alpha value is -4.10. The van der Waals surface area contributed by atoms with Crippen molar-refractivity contribution in [1.82, 2.24) is 10.2 Å². The normalized spacial score (nSPS) is 23.7. The number of piperazine rings is 1. The smallest absolute Gasteiger partial charge is 0.264 e. The molecular formula is C37H45FN4O6Si. The van der Waals surface area contributed by atoms with E-state index in [1.165, 1.54) is 0 Å². The summed E-state index contributed by atoms with van der Waals surface area (Å²) in [5, 5.41) is 12.9. The number of benzene rings is 3. The lowest BCUT2D eigenvalue weighted by Gasteiger charge is -2.31. The molecule has 49 heavy (non-hydrogen) atoms. The topological polar surface area (TPSA) is 112 Å². The highest BCUT2D eigenvalue weighted by atomic mass is 28.4. The molecule has 260 valence electrons. The van der Waals surface area contributed by atoms with Crippen LogP contribution in [0.2, 0.25) is 18.6 Å². The van der Waals surface area contributed by atoms with Crippen LogP contribution >= 0.6 is 0 Å². The minimum Gasteiger partial charge on any atom is -0.497 e. The van der Waals surface area contributed by atoms with Crippen molar-refractivity contribution in [2.75, 3.05) is 49.7 Å².